The van der Waals surface area contributed by atoms with Gasteiger partial charge in [-0.15, -0.1) is 20.4 Å². The molecule has 0 amide bonds. The number of aromatic nitrogens is 10. The standard InChI is InChI=1S/C15H21NO.C14H21N3.C14H20N2O.C13H20N4/c1-14(2,3)11-7-10-9-16-17-13(10)8-12(11)15(4,5)6;1-13(2,3)10-7-12-16-15-9-17(12)8-11(10)14(4,5)6;1-13(2,3)9-7-11-10(8-15-17-11)16-12(9)14(4,5)6;1-12(2,3)9-7-10-15-14-8-17(10)16-11(9)13(4,5)6/h2*7-9H,1-6H3;2*7-8H,1-6H3. The van der Waals surface area contributed by atoms with Crippen molar-refractivity contribution >= 4 is 33.4 Å². The highest BCUT2D eigenvalue weighted by molar-refractivity contribution is 5.79. The molecule has 0 unspecified atom stereocenters. The molecule has 68 heavy (non-hydrogen) atoms. The summed E-state index contributed by atoms with van der Waals surface area (Å²) in [6, 6.07) is 10.7. The van der Waals surface area contributed by atoms with Gasteiger partial charge in [0.05, 0.1) is 23.8 Å². The highest BCUT2D eigenvalue weighted by Gasteiger charge is 2.31. The lowest BCUT2D eigenvalue weighted by Gasteiger charge is -2.29. The summed E-state index contributed by atoms with van der Waals surface area (Å²) in [6.07, 6.45) is 9.04. The van der Waals surface area contributed by atoms with Gasteiger partial charge in [-0.3, -0.25) is 4.40 Å². The molecule has 0 spiro atoms. The van der Waals surface area contributed by atoms with E-state index in [4.69, 9.17) is 14.0 Å². The highest BCUT2D eigenvalue weighted by atomic mass is 16.5. The Morgan fingerprint density at radius 2 is 0.824 bits per heavy atom. The van der Waals surface area contributed by atoms with E-state index in [-0.39, 0.29) is 43.3 Å². The smallest absolute Gasteiger partial charge is 0.185 e. The molecular formula is C56H82N10O2. The van der Waals surface area contributed by atoms with Crippen molar-refractivity contribution in [3.8, 4) is 0 Å². The maximum Gasteiger partial charge on any atom is 0.185 e. The molecule has 368 valence electrons. The van der Waals surface area contributed by atoms with Crippen LogP contribution >= 0.6 is 0 Å². The first-order chi connectivity index (χ1) is 30.8. The third-order valence-electron chi connectivity index (χ3n) is 11.8. The number of hydrogen-bond donors (Lipinski definition) is 0. The average molecular weight is 927 g/mol. The van der Waals surface area contributed by atoms with Crippen LogP contribution in [0.5, 0.6) is 0 Å². The summed E-state index contributed by atoms with van der Waals surface area (Å²) in [7, 11) is 0. The average Bonchev–Trinajstić information content (AvgIpc) is 4.00. The van der Waals surface area contributed by atoms with Crippen molar-refractivity contribution in [2.24, 2.45) is 0 Å². The number of nitrogens with zero attached hydrogens (tertiary/aromatic N) is 10. The number of pyridine rings is 2. The Balaban J connectivity index is 0.000000169. The van der Waals surface area contributed by atoms with Gasteiger partial charge < -0.3 is 9.05 Å². The van der Waals surface area contributed by atoms with E-state index >= 15 is 0 Å². The van der Waals surface area contributed by atoms with Gasteiger partial charge in [-0.05, 0) is 96.2 Å². The predicted molar refractivity (Wildman–Crippen MR) is 279 cm³/mol. The summed E-state index contributed by atoms with van der Waals surface area (Å²) in [5.41, 5.74) is 15.0. The van der Waals surface area contributed by atoms with E-state index in [1.54, 1.807) is 29.6 Å². The molecule has 0 N–H and O–H groups in total. The molecule has 7 aromatic heterocycles. The van der Waals surface area contributed by atoms with Crippen LogP contribution in [-0.4, -0.2) is 49.7 Å². The normalized spacial score (nSPS) is 13.3. The molecular weight excluding hydrogens is 845 g/mol. The molecule has 0 fully saturated rings. The van der Waals surface area contributed by atoms with Crippen LogP contribution in [0.25, 0.3) is 33.4 Å². The molecule has 0 radical (unpaired) electrons. The Bertz CT molecular complexity index is 2380. The van der Waals surface area contributed by atoms with Crippen LogP contribution in [0, 0.1) is 0 Å². The Labute approximate surface area is 406 Å². The van der Waals surface area contributed by atoms with Crippen LogP contribution in [0.2, 0.25) is 0 Å². The summed E-state index contributed by atoms with van der Waals surface area (Å²) in [5.74, 6) is 0. The minimum Gasteiger partial charge on any atom is -0.356 e. The third-order valence-corrected chi connectivity index (χ3v) is 11.8. The molecule has 0 aliphatic heterocycles. The van der Waals surface area contributed by atoms with E-state index in [2.05, 4.69) is 239 Å². The van der Waals surface area contributed by atoms with E-state index in [0.717, 1.165) is 44.8 Å². The fourth-order valence-electron chi connectivity index (χ4n) is 8.09. The van der Waals surface area contributed by atoms with Crippen molar-refractivity contribution in [2.75, 3.05) is 0 Å². The SMILES string of the molecule is CC(C)(C)c1cc2cnoc2cc1C(C)(C)C.CC(C)(C)c1cc2nncn2cc1C(C)(C)C.CC(C)(C)c1cc2nncn2nc1C(C)(C)C.CC(C)(C)c1cc2oncc2nc1C(C)(C)C. The van der Waals surface area contributed by atoms with Crippen molar-refractivity contribution in [3.05, 3.63) is 106 Å². The molecule has 12 heteroatoms. The van der Waals surface area contributed by atoms with Crippen LogP contribution in [0.4, 0.5) is 0 Å². The molecule has 8 aromatic rings. The predicted octanol–water partition coefficient (Wildman–Crippen LogP) is 14.3. The molecule has 7 heterocycles. The van der Waals surface area contributed by atoms with Crippen LogP contribution < -0.4 is 0 Å². The zero-order valence-corrected chi connectivity index (χ0v) is 46.1. The summed E-state index contributed by atoms with van der Waals surface area (Å²) in [4.78, 5) is 4.72. The first-order valence-corrected chi connectivity index (χ1v) is 24.0. The maximum absolute atomic E-state index is 5.27. The minimum atomic E-state index is 0.0150. The van der Waals surface area contributed by atoms with Crippen LogP contribution in [-0.2, 0) is 43.3 Å². The zero-order chi connectivity index (χ0) is 51.4. The van der Waals surface area contributed by atoms with Crippen molar-refractivity contribution in [1.29, 1.82) is 0 Å². The lowest BCUT2D eigenvalue weighted by Crippen LogP contribution is -2.25. The first kappa shape index (κ1) is 53.4. The second-order valence-corrected chi connectivity index (χ2v) is 26.6. The topological polar surface area (TPSA) is 138 Å². The highest BCUT2D eigenvalue weighted by Crippen LogP contribution is 2.38. The van der Waals surface area contributed by atoms with Crippen molar-refractivity contribution < 1.29 is 9.05 Å². The summed E-state index contributed by atoms with van der Waals surface area (Å²) in [6.45, 7) is 53.2. The van der Waals surface area contributed by atoms with E-state index in [1.807, 2.05) is 4.40 Å². The molecule has 12 nitrogen and oxygen atoms in total. The minimum absolute atomic E-state index is 0.0150. The molecule has 0 saturated heterocycles. The fourth-order valence-corrected chi connectivity index (χ4v) is 8.09. The Morgan fingerprint density at radius 1 is 0.397 bits per heavy atom. The number of benzene rings is 1. The molecule has 0 bridgehead atoms. The Hall–Kier alpha value is -5.52. The lowest BCUT2D eigenvalue weighted by atomic mass is 9.75. The molecule has 0 aliphatic carbocycles. The van der Waals surface area contributed by atoms with E-state index < -0.39 is 0 Å². The molecule has 0 aliphatic rings. The van der Waals surface area contributed by atoms with Gasteiger partial charge in [0.2, 0.25) is 0 Å². The van der Waals surface area contributed by atoms with Gasteiger partial charge >= 0.3 is 0 Å². The van der Waals surface area contributed by atoms with Gasteiger partial charge in [-0.25, -0.2) is 9.50 Å². The molecule has 0 atom stereocenters. The largest absolute Gasteiger partial charge is 0.356 e. The Kier molecular flexibility index (Phi) is 14.5. The van der Waals surface area contributed by atoms with Crippen LogP contribution in [0.1, 0.15) is 211 Å². The van der Waals surface area contributed by atoms with Crippen molar-refractivity contribution in [1.82, 2.24) is 49.7 Å². The third kappa shape index (κ3) is 12.6. The zero-order valence-electron chi connectivity index (χ0n) is 46.1. The maximum atomic E-state index is 5.27. The number of rotatable bonds is 0. The molecule has 1 aromatic carbocycles. The van der Waals surface area contributed by atoms with Gasteiger partial charge in [0.1, 0.15) is 18.2 Å². The summed E-state index contributed by atoms with van der Waals surface area (Å²) >= 11 is 0. The van der Waals surface area contributed by atoms with Gasteiger partial charge in [0, 0.05) is 22.4 Å². The molecule has 8 rings (SSSR count). The van der Waals surface area contributed by atoms with Gasteiger partial charge in [-0.1, -0.05) is 176 Å². The monoisotopic (exact) mass is 927 g/mol. The van der Waals surface area contributed by atoms with Crippen LogP contribution in [0.15, 0.2) is 70.6 Å². The second kappa shape index (κ2) is 18.4. The van der Waals surface area contributed by atoms with E-state index in [0.29, 0.717) is 0 Å². The van der Waals surface area contributed by atoms with E-state index in [9.17, 15) is 0 Å². The lowest BCUT2D eigenvalue weighted by molar-refractivity contribution is 0.453. The fraction of sp³-hybridized carbons (Fsp3) is 0.571. The quantitative estimate of drug-likeness (QED) is 0.144. The van der Waals surface area contributed by atoms with Gasteiger partial charge in [-0.2, -0.15) is 5.10 Å². The first-order valence-electron chi connectivity index (χ1n) is 24.0. The molecule has 0 saturated carbocycles. The number of hydrogen-bond acceptors (Lipinski definition) is 10. The van der Waals surface area contributed by atoms with Crippen molar-refractivity contribution in [3.63, 3.8) is 0 Å². The van der Waals surface area contributed by atoms with Gasteiger partial charge in [0.15, 0.2) is 22.5 Å². The van der Waals surface area contributed by atoms with Gasteiger partial charge in [0.25, 0.3) is 0 Å². The second-order valence-electron chi connectivity index (χ2n) is 26.6. The van der Waals surface area contributed by atoms with Crippen molar-refractivity contribution in [2.45, 2.75) is 209 Å². The van der Waals surface area contributed by atoms with Crippen LogP contribution in [0.3, 0.4) is 0 Å². The van der Waals surface area contributed by atoms with E-state index in [1.165, 1.54) is 33.4 Å². The summed E-state index contributed by atoms with van der Waals surface area (Å²) in [5, 5.41) is 29.5. The summed E-state index contributed by atoms with van der Waals surface area (Å²) < 4.78 is 14.2. The Morgan fingerprint density at radius 3 is 1.35 bits per heavy atom. The number of fused-ring (bicyclic) bond motifs is 4.